The second-order valence-corrected chi connectivity index (χ2v) is 7.66. The van der Waals surface area contributed by atoms with Gasteiger partial charge in [-0.1, -0.05) is 30.0 Å². The van der Waals surface area contributed by atoms with Gasteiger partial charge in [0.2, 0.25) is 0 Å². The molecule has 1 aliphatic heterocycles. The number of halogens is 3. The Morgan fingerprint density at radius 3 is 2.62 bits per heavy atom. The van der Waals surface area contributed by atoms with Crippen molar-refractivity contribution in [2.24, 2.45) is 0 Å². The van der Waals surface area contributed by atoms with E-state index in [1.807, 2.05) is 18.4 Å². The predicted molar refractivity (Wildman–Crippen MR) is 96.2 cm³/mol. The molecule has 0 bridgehead atoms. The fraction of sp³-hybridized carbons (Fsp3) is 0.125. The maximum Gasteiger partial charge on any atom is 0.416 e. The van der Waals surface area contributed by atoms with E-state index in [9.17, 15) is 18.0 Å². The third-order valence-corrected chi connectivity index (χ3v) is 5.66. The number of rotatable bonds is 2. The zero-order valence-electron chi connectivity index (χ0n) is 12.3. The molecule has 1 aromatic heterocycles. The molecule has 1 aromatic carbocycles. The first-order valence-electron chi connectivity index (χ1n) is 6.76. The Morgan fingerprint density at radius 2 is 2.00 bits per heavy atom. The average Bonchev–Trinajstić information content (AvgIpc) is 3.03. The topological polar surface area (TPSA) is 20.3 Å². The van der Waals surface area contributed by atoms with Gasteiger partial charge in [-0.2, -0.15) is 13.2 Å². The Bertz CT molecular complexity index is 854. The summed E-state index contributed by atoms with van der Waals surface area (Å²) >= 11 is 7.77. The summed E-state index contributed by atoms with van der Waals surface area (Å²) in [6, 6.07) is 6.54. The highest BCUT2D eigenvalue weighted by Gasteiger charge is 2.36. The van der Waals surface area contributed by atoms with E-state index >= 15 is 0 Å². The van der Waals surface area contributed by atoms with Crippen molar-refractivity contribution in [1.82, 2.24) is 0 Å². The number of hydrogen-bond acceptors (Lipinski definition) is 4. The zero-order valence-corrected chi connectivity index (χ0v) is 14.7. The molecule has 0 saturated carbocycles. The van der Waals surface area contributed by atoms with E-state index in [0.717, 1.165) is 39.2 Å². The molecule has 0 atom stereocenters. The third-order valence-electron chi connectivity index (χ3n) is 3.39. The molecule has 124 valence electrons. The van der Waals surface area contributed by atoms with Crippen molar-refractivity contribution < 1.29 is 18.0 Å². The Balaban J connectivity index is 1.96. The van der Waals surface area contributed by atoms with Crippen LogP contribution < -0.4 is 4.90 Å². The van der Waals surface area contributed by atoms with Crippen molar-refractivity contribution in [3.8, 4) is 0 Å². The van der Waals surface area contributed by atoms with Crippen LogP contribution in [0.4, 0.5) is 18.9 Å². The molecular formula is C16H10F3NOS3. The molecule has 0 unspecified atom stereocenters. The fourth-order valence-electron chi connectivity index (χ4n) is 2.16. The molecule has 2 heterocycles. The van der Waals surface area contributed by atoms with Crippen LogP contribution in [0.3, 0.4) is 0 Å². The highest BCUT2D eigenvalue weighted by atomic mass is 32.2. The van der Waals surface area contributed by atoms with Gasteiger partial charge in [-0.05, 0) is 48.2 Å². The molecule has 0 spiro atoms. The Hall–Kier alpha value is -1.64. The van der Waals surface area contributed by atoms with E-state index < -0.39 is 17.6 Å². The van der Waals surface area contributed by atoms with Gasteiger partial charge < -0.3 is 0 Å². The minimum Gasteiger partial charge on any atom is -0.268 e. The molecule has 8 heteroatoms. The standard InChI is InChI=1S/C16H10F3NOS3/c1-9-5-6-23-12(9)8-13-14(21)20(15(22)24-13)11-4-2-3-10(7-11)16(17,18)19/h2-8H,1H3. The number of anilines is 1. The summed E-state index contributed by atoms with van der Waals surface area (Å²) in [5.41, 5.74) is 0.343. The van der Waals surface area contributed by atoms with E-state index in [0.29, 0.717) is 4.91 Å². The van der Waals surface area contributed by atoms with E-state index in [1.54, 1.807) is 6.08 Å². The third kappa shape index (κ3) is 3.26. The van der Waals surface area contributed by atoms with Crippen molar-refractivity contribution in [3.05, 3.63) is 56.6 Å². The molecule has 2 nitrogen and oxygen atoms in total. The molecule has 0 aliphatic carbocycles. The van der Waals surface area contributed by atoms with Crippen LogP contribution in [0.1, 0.15) is 16.0 Å². The highest BCUT2D eigenvalue weighted by molar-refractivity contribution is 8.27. The molecule has 1 saturated heterocycles. The van der Waals surface area contributed by atoms with E-state index in [2.05, 4.69) is 0 Å². The number of carbonyl (C=O) groups excluding carboxylic acids is 1. The lowest BCUT2D eigenvalue weighted by molar-refractivity contribution is -0.137. The van der Waals surface area contributed by atoms with E-state index in [1.165, 1.54) is 23.5 Å². The Morgan fingerprint density at radius 1 is 1.25 bits per heavy atom. The van der Waals surface area contributed by atoms with Crippen molar-refractivity contribution >= 4 is 57.3 Å². The number of amides is 1. The minimum atomic E-state index is -4.47. The van der Waals surface area contributed by atoms with Gasteiger partial charge in [0.1, 0.15) is 0 Å². The van der Waals surface area contributed by atoms with Crippen LogP contribution in [0, 0.1) is 6.92 Å². The number of thiocarbonyl (C=S) groups is 1. The summed E-state index contributed by atoms with van der Waals surface area (Å²) in [5, 5.41) is 1.91. The SMILES string of the molecule is Cc1ccsc1C=C1SC(=S)N(c2cccc(C(F)(F)F)c2)C1=O. The van der Waals surface area contributed by atoms with Gasteiger partial charge in [-0.3, -0.25) is 9.69 Å². The minimum absolute atomic E-state index is 0.124. The van der Waals surface area contributed by atoms with Crippen molar-refractivity contribution in [1.29, 1.82) is 0 Å². The quantitative estimate of drug-likeness (QED) is 0.504. The molecule has 2 aromatic rings. The summed E-state index contributed by atoms with van der Waals surface area (Å²) in [4.78, 5) is 15.1. The van der Waals surface area contributed by atoms with Gasteiger partial charge in [-0.25, -0.2) is 0 Å². The van der Waals surface area contributed by atoms with Gasteiger partial charge >= 0.3 is 6.18 Å². The smallest absolute Gasteiger partial charge is 0.268 e. The van der Waals surface area contributed by atoms with Crippen LogP contribution in [0.5, 0.6) is 0 Å². The molecule has 1 aliphatic rings. The Kier molecular flexibility index (Phi) is 4.54. The van der Waals surface area contributed by atoms with Crippen LogP contribution in [-0.4, -0.2) is 10.2 Å². The fourth-order valence-corrected chi connectivity index (χ4v) is 4.38. The second-order valence-electron chi connectivity index (χ2n) is 5.03. The maximum atomic E-state index is 12.9. The number of carbonyl (C=O) groups is 1. The molecule has 3 rings (SSSR count). The highest BCUT2D eigenvalue weighted by Crippen LogP contribution is 2.39. The number of thiophene rings is 1. The van der Waals surface area contributed by atoms with Crippen LogP contribution in [0.15, 0.2) is 40.6 Å². The van der Waals surface area contributed by atoms with E-state index in [-0.39, 0.29) is 10.0 Å². The first-order valence-corrected chi connectivity index (χ1v) is 8.87. The number of alkyl halides is 3. The van der Waals surface area contributed by atoms with Crippen LogP contribution in [0.25, 0.3) is 6.08 Å². The normalized spacial score (nSPS) is 17.2. The number of benzene rings is 1. The monoisotopic (exact) mass is 385 g/mol. The Labute approximate surface area is 150 Å². The lowest BCUT2D eigenvalue weighted by Gasteiger charge is -2.16. The summed E-state index contributed by atoms with van der Waals surface area (Å²) in [6.07, 6.45) is -2.74. The van der Waals surface area contributed by atoms with Gasteiger partial charge in [0.05, 0.1) is 16.2 Å². The molecule has 1 fully saturated rings. The van der Waals surface area contributed by atoms with Crippen molar-refractivity contribution in [3.63, 3.8) is 0 Å². The first kappa shape index (κ1) is 17.2. The summed E-state index contributed by atoms with van der Waals surface area (Å²) in [6.45, 7) is 1.93. The van der Waals surface area contributed by atoms with Crippen LogP contribution in [-0.2, 0) is 11.0 Å². The summed E-state index contributed by atoms with van der Waals surface area (Å²) < 4.78 is 38.8. The molecular weight excluding hydrogens is 375 g/mol. The number of thioether (sulfide) groups is 1. The largest absolute Gasteiger partial charge is 0.416 e. The first-order chi connectivity index (χ1) is 11.3. The van der Waals surface area contributed by atoms with Crippen LogP contribution >= 0.6 is 35.3 Å². The molecule has 0 N–H and O–H groups in total. The average molecular weight is 385 g/mol. The van der Waals surface area contributed by atoms with Crippen molar-refractivity contribution in [2.75, 3.05) is 4.90 Å². The number of hydrogen-bond donors (Lipinski definition) is 0. The van der Waals surface area contributed by atoms with Gasteiger partial charge in [0.15, 0.2) is 4.32 Å². The van der Waals surface area contributed by atoms with Gasteiger partial charge in [-0.15, -0.1) is 11.3 Å². The summed E-state index contributed by atoms with van der Waals surface area (Å²) in [7, 11) is 0. The van der Waals surface area contributed by atoms with Gasteiger partial charge in [0, 0.05) is 4.88 Å². The van der Waals surface area contributed by atoms with Gasteiger partial charge in [0.25, 0.3) is 5.91 Å². The summed E-state index contributed by atoms with van der Waals surface area (Å²) in [5.74, 6) is -0.405. The maximum absolute atomic E-state index is 12.9. The lowest BCUT2D eigenvalue weighted by Crippen LogP contribution is -2.27. The predicted octanol–water partition coefficient (Wildman–Crippen LogP) is 5.48. The zero-order chi connectivity index (χ0) is 17.5. The van der Waals surface area contributed by atoms with Crippen molar-refractivity contribution in [2.45, 2.75) is 13.1 Å². The molecule has 0 radical (unpaired) electrons. The lowest BCUT2D eigenvalue weighted by atomic mass is 10.2. The number of aryl methyl sites for hydroxylation is 1. The second kappa shape index (κ2) is 6.34. The molecule has 24 heavy (non-hydrogen) atoms. The van der Waals surface area contributed by atoms with E-state index in [4.69, 9.17) is 12.2 Å². The van der Waals surface area contributed by atoms with Crippen LogP contribution in [0.2, 0.25) is 0 Å². The number of nitrogens with zero attached hydrogens (tertiary/aromatic N) is 1. The molecule has 1 amide bonds.